The number of rotatable bonds is 3. The van der Waals surface area contributed by atoms with Crippen molar-refractivity contribution >= 4 is 44.7 Å². The maximum Gasteiger partial charge on any atom is 0.271 e. The van der Waals surface area contributed by atoms with Crippen molar-refractivity contribution in [1.29, 1.82) is 0 Å². The third-order valence-electron chi connectivity index (χ3n) is 2.68. The number of hydrogen-bond donors (Lipinski definition) is 1. The number of anilines is 1. The largest absolute Gasteiger partial charge is 0.398 e. The Balaban J connectivity index is 1.92. The molecule has 100 valence electrons. The molecule has 1 aromatic heterocycles. The Bertz CT molecular complexity index is 768. The Morgan fingerprint density at radius 1 is 1.25 bits per heavy atom. The summed E-state index contributed by atoms with van der Waals surface area (Å²) in [7, 11) is 0. The molecule has 0 saturated heterocycles. The highest BCUT2D eigenvalue weighted by Gasteiger charge is 2.11. The molecular formula is C13H9N3O2S2. The Morgan fingerprint density at radius 3 is 2.75 bits per heavy atom. The summed E-state index contributed by atoms with van der Waals surface area (Å²) < 4.78 is 1.97. The third kappa shape index (κ3) is 2.45. The molecule has 2 aromatic carbocycles. The summed E-state index contributed by atoms with van der Waals surface area (Å²) in [6.07, 6.45) is 0. The van der Waals surface area contributed by atoms with Crippen LogP contribution in [0.1, 0.15) is 0 Å². The number of nitrogens with two attached hydrogens (primary N) is 1. The molecular weight excluding hydrogens is 294 g/mol. The van der Waals surface area contributed by atoms with E-state index in [2.05, 4.69) is 4.98 Å². The van der Waals surface area contributed by atoms with Crippen molar-refractivity contribution in [2.45, 2.75) is 9.24 Å². The molecule has 0 atom stereocenters. The van der Waals surface area contributed by atoms with Crippen molar-refractivity contribution in [3.63, 3.8) is 0 Å². The van der Waals surface area contributed by atoms with Gasteiger partial charge in [-0.1, -0.05) is 23.9 Å². The number of fused-ring (bicyclic) bond motifs is 1. The fraction of sp³-hybridized carbons (Fsp3) is 0. The zero-order chi connectivity index (χ0) is 14.1. The second-order valence-electron chi connectivity index (χ2n) is 4.03. The Morgan fingerprint density at radius 2 is 2.05 bits per heavy atom. The first-order valence-electron chi connectivity index (χ1n) is 5.71. The van der Waals surface area contributed by atoms with Gasteiger partial charge in [-0.2, -0.15) is 0 Å². The highest BCUT2D eigenvalue weighted by molar-refractivity contribution is 8.01. The zero-order valence-electron chi connectivity index (χ0n) is 10.1. The number of para-hydroxylation sites is 1. The van der Waals surface area contributed by atoms with E-state index in [4.69, 9.17) is 5.73 Å². The lowest BCUT2D eigenvalue weighted by Crippen LogP contribution is -1.92. The number of nitrogens with zero attached hydrogens (tertiary/aromatic N) is 2. The van der Waals surface area contributed by atoms with Gasteiger partial charge in [-0.3, -0.25) is 10.1 Å². The first-order valence-corrected chi connectivity index (χ1v) is 7.34. The molecule has 3 aromatic rings. The predicted molar refractivity (Wildman–Crippen MR) is 81.3 cm³/mol. The quantitative estimate of drug-likeness (QED) is 0.450. The van der Waals surface area contributed by atoms with Gasteiger partial charge in [-0.25, -0.2) is 4.98 Å². The number of thiazole rings is 1. The van der Waals surface area contributed by atoms with Crippen LogP contribution in [0.2, 0.25) is 0 Å². The average molecular weight is 303 g/mol. The van der Waals surface area contributed by atoms with Crippen molar-refractivity contribution < 1.29 is 4.92 Å². The van der Waals surface area contributed by atoms with E-state index in [1.165, 1.54) is 23.9 Å². The van der Waals surface area contributed by atoms with Gasteiger partial charge in [0.2, 0.25) is 0 Å². The molecule has 0 radical (unpaired) electrons. The number of nitrogen functional groups attached to an aromatic ring is 1. The smallest absolute Gasteiger partial charge is 0.271 e. The van der Waals surface area contributed by atoms with Crippen LogP contribution in [-0.2, 0) is 0 Å². The fourth-order valence-corrected chi connectivity index (χ4v) is 3.78. The second kappa shape index (κ2) is 5.10. The standard InChI is InChI=1S/C13H9N3O2S2/c14-9-7-8(16(17)18)5-6-11(9)19-13-15-10-3-1-2-4-12(10)20-13/h1-7H,14H2. The molecule has 0 aliphatic heterocycles. The molecule has 0 aliphatic carbocycles. The summed E-state index contributed by atoms with van der Waals surface area (Å²) in [6, 6.07) is 12.4. The van der Waals surface area contributed by atoms with Crippen LogP contribution in [0.4, 0.5) is 11.4 Å². The minimum atomic E-state index is -0.456. The predicted octanol–water partition coefficient (Wildman–Crippen LogP) is 3.94. The maximum atomic E-state index is 10.7. The number of aromatic nitrogens is 1. The van der Waals surface area contributed by atoms with E-state index in [0.717, 1.165) is 19.5 Å². The Labute approximate surface area is 122 Å². The van der Waals surface area contributed by atoms with Gasteiger partial charge in [-0.05, 0) is 18.2 Å². The lowest BCUT2D eigenvalue weighted by atomic mass is 10.3. The highest BCUT2D eigenvalue weighted by atomic mass is 32.2. The van der Waals surface area contributed by atoms with Crippen LogP contribution in [0.5, 0.6) is 0 Å². The average Bonchev–Trinajstić information content (AvgIpc) is 2.83. The van der Waals surface area contributed by atoms with Gasteiger partial charge >= 0.3 is 0 Å². The minimum Gasteiger partial charge on any atom is -0.398 e. The monoisotopic (exact) mass is 303 g/mol. The van der Waals surface area contributed by atoms with Crippen LogP contribution in [0, 0.1) is 10.1 Å². The Hall–Kier alpha value is -2.12. The molecule has 7 heteroatoms. The van der Waals surface area contributed by atoms with Gasteiger partial charge in [0.05, 0.1) is 20.8 Å². The maximum absolute atomic E-state index is 10.7. The van der Waals surface area contributed by atoms with Gasteiger partial charge in [0.15, 0.2) is 4.34 Å². The normalized spacial score (nSPS) is 10.8. The lowest BCUT2D eigenvalue weighted by molar-refractivity contribution is -0.384. The summed E-state index contributed by atoms with van der Waals surface area (Å²) in [4.78, 5) is 15.5. The van der Waals surface area contributed by atoms with Crippen LogP contribution < -0.4 is 5.73 Å². The van der Waals surface area contributed by atoms with E-state index < -0.39 is 4.92 Å². The van der Waals surface area contributed by atoms with Crippen molar-refractivity contribution in [2.24, 2.45) is 0 Å². The van der Waals surface area contributed by atoms with Crippen LogP contribution in [-0.4, -0.2) is 9.91 Å². The first kappa shape index (κ1) is 12.9. The van der Waals surface area contributed by atoms with Crippen LogP contribution in [0.25, 0.3) is 10.2 Å². The Kier molecular flexibility index (Phi) is 3.29. The van der Waals surface area contributed by atoms with E-state index in [9.17, 15) is 10.1 Å². The van der Waals surface area contributed by atoms with E-state index in [1.807, 2.05) is 24.3 Å². The molecule has 20 heavy (non-hydrogen) atoms. The van der Waals surface area contributed by atoms with Crippen LogP contribution in [0.3, 0.4) is 0 Å². The first-order chi connectivity index (χ1) is 9.63. The summed E-state index contributed by atoms with van der Waals surface area (Å²) in [5, 5.41) is 10.7. The number of nitro groups is 1. The summed E-state index contributed by atoms with van der Waals surface area (Å²) in [5.74, 6) is 0. The number of nitro benzene ring substituents is 1. The lowest BCUT2D eigenvalue weighted by Gasteiger charge is -2.02. The van der Waals surface area contributed by atoms with Crippen molar-refractivity contribution in [3.8, 4) is 0 Å². The molecule has 5 nitrogen and oxygen atoms in total. The van der Waals surface area contributed by atoms with E-state index in [-0.39, 0.29) is 5.69 Å². The molecule has 1 heterocycles. The van der Waals surface area contributed by atoms with Gasteiger partial charge < -0.3 is 5.73 Å². The van der Waals surface area contributed by atoms with Crippen molar-refractivity contribution in [2.75, 3.05) is 5.73 Å². The molecule has 0 aliphatic rings. The van der Waals surface area contributed by atoms with Crippen LogP contribution in [0.15, 0.2) is 51.7 Å². The van der Waals surface area contributed by atoms with E-state index in [1.54, 1.807) is 17.4 Å². The van der Waals surface area contributed by atoms with E-state index in [0.29, 0.717) is 5.69 Å². The third-order valence-corrected chi connectivity index (χ3v) is 4.86. The molecule has 0 saturated carbocycles. The van der Waals surface area contributed by atoms with Crippen molar-refractivity contribution in [1.82, 2.24) is 4.98 Å². The molecule has 0 bridgehead atoms. The van der Waals surface area contributed by atoms with E-state index >= 15 is 0 Å². The number of benzene rings is 2. The summed E-state index contributed by atoms with van der Waals surface area (Å²) in [6.45, 7) is 0. The summed E-state index contributed by atoms with van der Waals surface area (Å²) >= 11 is 2.99. The second-order valence-corrected chi connectivity index (χ2v) is 6.35. The van der Waals surface area contributed by atoms with Gasteiger partial charge in [-0.15, -0.1) is 11.3 Å². The molecule has 0 spiro atoms. The molecule has 0 amide bonds. The highest BCUT2D eigenvalue weighted by Crippen LogP contribution is 2.37. The number of non-ortho nitro benzene ring substituents is 1. The summed E-state index contributed by atoms with van der Waals surface area (Å²) in [5.41, 5.74) is 7.19. The van der Waals surface area contributed by atoms with Gasteiger partial charge in [0.1, 0.15) is 0 Å². The van der Waals surface area contributed by atoms with Gasteiger partial charge in [0.25, 0.3) is 5.69 Å². The molecule has 0 unspecified atom stereocenters. The SMILES string of the molecule is Nc1cc([N+](=O)[O-])ccc1Sc1nc2ccccc2s1. The zero-order valence-corrected chi connectivity index (χ0v) is 11.8. The van der Waals surface area contributed by atoms with Crippen LogP contribution >= 0.6 is 23.1 Å². The van der Waals surface area contributed by atoms with Gasteiger partial charge in [0, 0.05) is 17.0 Å². The number of hydrogen-bond acceptors (Lipinski definition) is 6. The fourth-order valence-electron chi connectivity index (χ4n) is 1.73. The minimum absolute atomic E-state index is 0.00356. The topological polar surface area (TPSA) is 82.0 Å². The molecule has 0 fully saturated rings. The molecule has 2 N–H and O–H groups in total. The van der Waals surface area contributed by atoms with Crippen molar-refractivity contribution in [3.05, 3.63) is 52.6 Å². The molecule has 3 rings (SSSR count).